The Morgan fingerprint density at radius 2 is 2.18 bits per heavy atom. The van der Waals surface area contributed by atoms with E-state index in [1.165, 1.54) is 11.8 Å². The minimum Gasteiger partial charge on any atom is -0.348 e. The third-order valence-electron chi connectivity index (χ3n) is 1.99. The lowest BCUT2D eigenvalue weighted by molar-refractivity contribution is -0.125. The Labute approximate surface area is 105 Å². The number of thioether (sulfide) groups is 1. The van der Waals surface area contributed by atoms with E-state index in [0.29, 0.717) is 23.2 Å². The van der Waals surface area contributed by atoms with E-state index in [1.54, 1.807) is 19.0 Å². The summed E-state index contributed by atoms with van der Waals surface area (Å²) in [5.41, 5.74) is 5.23. The standard InChI is InChI=1S/C10H18N4O2S/c1-10(2,11)9-12-7(16-13-9)5-17-6-8(15)14(3)4/h5-6,11H2,1-4H3. The van der Waals surface area contributed by atoms with E-state index >= 15 is 0 Å². The third-order valence-corrected chi connectivity index (χ3v) is 2.90. The molecule has 96 valence electrons. The lowest BCUT2D eigenvalue weighted by Crippen LogP contribution is -2.30. The van der Waals surface area contributed by atoms with Crippen molar-refractivity contribution in [2.24, 2.45) is 5.73 Å². The summed E-state index contributed by atoms with van der Waals surface area (Å²) in [7, 11) is 3.45. The molecule has 0 bridgehead atoms. The van der Waals surface area contributed by atoms with Gasteiger partial charge in [0.1, 0.15) is 0 Å². The van der Waals surface area contributed by atoms with E-state index in [-0.39, 0.29) is 5.91 Å². The van der Waals surface area contributed by atoms with Crippen molar-refractivity contribution in [2.75, 3.05) is 19.8 Å². The second kappa shape index (κ2) is 5.50. The number of hydrogen-bond acceptors (Lipinski definition) is 6. The number of hydrogen-bond donors (Lipinski definition) is 1. The van der Waals surface area contributed by atoms with Crippen molar-refractivity contribution >= 4 is 17.7 Å². The highest BCUT2D eigenvalue weighted by atomic mass is 32.2. The normalized spacial score (nSPS) is 11.6. The first kappa shape index (κ1) is 14.0. The predicted molar refractivity (Wildman–Crippen MR) is 66.4 cm³/mol. The molecule has 17 heavy (non-hydrogen) atoms. The zero-order valence-electron chi connectivity index (χ0n) is 10.6. The van der Waals surface area contributed by atoms with Crippen LogP contribution in [-0.2, 0) is 16.1 Å². The smallest absolute Gasteiger partial charge is 0.236 e. The number of nitrogens with zero attached hydrogens (tertiary/aromatic N) is 3. The minimum absolute atomic E-state index is 0.0638. The van der Waals surface area contributed by atoms with Crippen molar-refractivity contribution < 1.29 is 9.32 Å². The molecule has 0 aliphatic heterocycles. The van der Waals surface area contributed by atoms with Gasteiger partial charge in [0, 0.05) is 14.1 Å². The van der Waals surface area contributed by atoms with E-state index in [4.69, 9.17) is 10.3 Å². The van der Waals surface area contributed by atoms with Gasteiger partial charge in [0.15, 0.2) is 5.82 Å². The quantitative estimate of drug-likeness (QED) is 0.831. The summed E-state index contributed by atoms with van der Waals surface area (Å²) >= 11 is 1.44. The number of carbonyl (C=O) groups excluding carboxylic acids is 1. The van der Waals surface area contributed by atoms with E-state index in [0.717, 1.165) is 0 Å². The topological polar surface area (TPSA) is 85.2 Å². The molecule has 0 radical (unpaired) electrons. The van der Waals surface area contributed by atoms with Gasteiger partial charge in [-0.3, -0.25) is 4.79 Å². The van der Waals surface area contributed by atoms with Crippen LogP contribution in [0.2, 0.25) is 0 Å². The summed E-state index contributed by atoms with van der Waals surface area (Å²) in [6, 6.07) is 0. The Morgan fingerprint density at radius 1 is 1.53 bits per heavy atom. The first-order chi connectivity index (χ1) is 7.80. The maximum absolute atomic E-state index is 11.3. The Bertz CT molecular complexity index is 384. The summed E-state index contributed by atoms with van der Waals surface area (Å²) in [4.78, 5) is 17.0. The van der Waals surface area contributed by atoms with Gasteiger partial charge in [0.05, 0.1) is 17.0 Å². The summed E-state index contributed by atoms with van der Waals surface area (Å²) in [6.07, 6.45) is 0. The van der Waals surface area contributed by atoms with E-state index in [2.05, 4.69) is 10.1 Å². The molecular weight excluding hydrogens is 240 g/mol. The maximum Gasteiger partial charge on any atom is 0.236 e. The Hall–Kier alpha value is -1.08. The maximum atomic E-state index is 11.3. The first-order valence-electron chi connectivity index (χ1n) is 5.20. The van der Waals surface area contributed by atoms with Gasteiger partial charge < -0.3 is 15.2 Å². The molecule has 0 saturated carbocycles. The van der Waals surface area contributed by atoms with Gasteiger partial charge in [-0.25, -0.2) is 0 Å². The molecule has 1 amide bonds. The van der Waals surface area contributed by atoms with E-state index < -0.39 is 5.54 Å². The van der Waals surface area contributed by atoms with E-state index in [9.17, 15) is 4.79 Å². The van der Waals surface area contributed by atoms with Crippen molar-refractivity contribution in [1.29, 1.82) is 0 Å². The second-order valence-corrected chi connectivity index (χ2v) is 5.50. The van der Waals surface area contributed by atoms with Crippen molar-refractivity contribution in [1.82, 2.24) is 15.0 Å². The lowest BCUT2D eigenvalue weighted by Gasteiger charge is -2.11. The van der Waals surface area contributed by atoms with Crippen LogP contribution in [-0.4, -0.2) is 40.8 Å². The van der Waals surface area contributed by atoms with Gasteiger partial charge >= 0.3 is 0 Å². The molecule has 0 aliphatic rings. The number of amides is 1. The molecule has 0 aromatic carbocycles. The molecule has 1 aromatic heterocycles. The highest BCUT2D eigenvalue weighted by Gasteiger charge is 2.21. The van der Waals surface area contributed by atoms with Gasteiger partial charge in [-0.15, -0.1) is 11.8 Å². The zero-order chi connectivity index (χ0) is 13.1. The third kappa shape index (κ3) is 4.35. The second-order valence-electron chi connectivity index (χ2n) is 4.51. The highest BCUT2D eigenvalue weighted by molar-refractivity contribution is 7.99. The minimum atomic E-state index is -0.605. The largest absolute Gasteiger partial charge is 0.348 e. The van der Waals surface area contributed by atoms with Gasteiger partial charge in [-0.1, -0.05) is 5.16 Å². The van der Waals surface area contributed by atoms with Crippen LogP contribution < -0.4 is 5.73 Å². The van der Waals surface area contributed by atoms with Crippen LogP contribution in [0.5, 0.6) is 0 Å². The Morgan fingerprint density at radius 3 is 2.65 bits per heavy atom. The lowest BCUT2D eigenvalue weighted by atomic mass is 10.1. The first-order valence-corrected chi connectivity index (χ1v) is 6.36. The molecule has 0 saturated heterocycles. The molecule has 0 spiro atoms. The van der Waals surface area contributed by atoms with Crippen LogP contribution in [0.1, 0.15) is 25.6 Å². The van der Waals surface area contributed by atoms with E-state index in [1.807, 2.05) is 13.8 Å². The Kier molecular flexibility index (Phi) is 4.53. The molecule has 7 heteroatoms. The summed E-state index contributed by atoms with van der Waals surface area (Å²) in [5.74, 6) is 1.95. The molecule has 0 atom stereocenters. The van der Waals surface area contributed by atoms with Gasteiger partial charge in [0.25, 0.3) is 0 Å². The molecule has 6 nitrogen and oxygen atoms in total. The zero-order valence-corrected chi connectivity index (χ0v) is 11.4. The van der Waals surface area contributed by atoms with Crippen LogP contribution in [0.25, 0.3) is 0 Å². The number of rotatable bonds is 5. The molecule has 0 aliphatic carbocycles. The molecular formula is C10H18N4O2S. The van der Waals surface area contributed by atoms with Crippen molar-refractivity contribution in [3.05, 3.63) is 11.7 Å². The Balaban J connectivity index is 2.43. The van der Waals surface area contributed by atoms with Gasteiger partial charge in [-0.2, -0.15) is 4.98 Å². The fourth-order valence-corrected chi connectivity index (χ4v) is 1.76. The fraction of sp³-hybridized carbons (Fsp3) is 0.700. The van der Waals surface area contributed by atoms with Crippen LogP contribution in [0, 0.1) is 0 Å². The molecule has 0 fully saturated rings. The summed E-state index contributed by atoms with van der Waals surface area (Å²) in [5, 5.41) is 3.80. The number of carbonyl (C=O) groups is 1. The summed E-state index contributed by atoms with van der Waals surface area (Å²) < 4.78 is 5.05. The average molecular weight is 258 g/mol. The average Bonchev–Trinajstić information content (AvgIpc) is 2.65. The fourth-order valence-electron chi connectivity index (χ4n) is 0.930. The highest BCUT2D eigenvalue weighted by Crippen LogP contribution is 2.16. The molecule has 0 unspecified atom stereocenters. The van der Waals surface area contributed by atoms with Crippen LogP contribution in [0.15, 0.2) is 4.52 Å². The van der Waals surface area contributed by atoms with Crippen molar-refractivity contribution in [3.63, 3.8) is 0 Å². The van der Waals surface area contributed by atoms with Crippen LogP contribution in [0.3, 0.4) is 0 Å². The number of aromatic nitrogens is 2. The van der Waals surface area contributed by atoms with Crippen molar-refractivity contribution in [3.8, 4) is 0 Å². The molecule has 2 N–H and O–H groups in total. The van der Waals surface area contributed by atoms with Crippen LogP contribution in [0.4, 0.5) is 0 Å². The van der Waals surface area contributed by atoms with Gasteiger partial charge in [0.2, 0.25) is 11.8 Å². The predicted octanol–water partition coefficient (Wildman–Crippen LogP) is 0.585. The molecule has 1 aromatic rings. The van der Waals surface area contributed by atoms with Crippen LogP contribution >= 0.6 is 11.8 Å². The summed E-state index contributed by atoms with van der Waals surface area (Å²) in [6.45, 7) is 3.62. The van der Waals surface area contributed by atoms with Gasteiger partial charge in [-0.05, 0) is 13.8 Å². The molecule has 1 rings (SSSR count). The number of nitrogens with two attached hydrogens (primary N) is 1. The monoisotopic (exact) mass is 258 g/mol. The SMILES string of the molecule is CN(C)C(=O)CSCc1nc(C(C)(C)N)no1. The van der Waals surface area contributed by atoms with Crippen molar-refractivity contribution in [2.45, 2.75) is 25.1 Å². The molecule has 1 heterocycles.